The summed E-state index contributed by atoms with van der Waals surface area (Å²) in [6.45, 7) is 14.5. The number of H-pyrrole nitrogens is 1. The third-order valence-electron chi connectivity index (χ3n) is 7.47. The number of benzene rings is 1. The van der Waals surface area contributed by atoms with Crippen molar-refractivity contribution >= 4 is 35.4 Å². The van der Waals surface area contributed by atoms with Crippen molar-refractivity contribution in [3.8, 4) is 0 Å². The number of fused-ring (bicyclic) bond motifs is 1. The van der Waals surface area contributed by atoms with Crippen molar-refractivity contribution in [2.24, 2.45) is 5.92 Å². The molecule has 0 saturated carbocycles. The van der Waals surface area contributed by atoms with E-state index in [1.807, 2.05) is 64.6 Å². The molecule has 0 unspecified atom stereocenters. The summed E-state index contributed by atoms with van der Waals surface area (Å²) >= 11 is 0. The van der Waals surface area contributed by atoms with Crippen LogP contribution in [-0.2, 0) is 18.9 Å². The van der Waals surface area contributed by atoms with Gasteiger partial charge in [0.15, 0.2) is 0 Å². The summed E-state index contributed by atoms with van der Waals surface area (Å²) in [6, 6.07) is 5.30. The minimum atomic E-state index is -0.535. The molecule has 2 atom stereocenters. The van der Waals surface area contributed by atoms with E-state index in [4.69, 9.17) is 14.3 Å². The zero-order chi connectivity index (χ0) is 24.8. The van der Waals surface area contributed by atoms with E-state index in [0.29, 0.717) is 13.0 Å². The first kappa shape index (κ1) is 24.7. The number of nitrogens with one attached hydrogen (secondary N) is 2. The molecule has 0 aliphatic carbocycles. The molecule has 184 valence electrons. The number of likely N-dealkylation sites (tertiary alicyclic amines) is 1. The van der Waals surface area contributed by atoms with E-state index < -0.39 is 24.4 Å². The lowest BCUT2D eigenvalue weighted by atomic mass is 9.79. The van der Waals surface area contributed by atoms with Gasteiger partial charge in [0.05, 0.1) is 28.3 Å². The Morgan fingerprint density at radius 1 is 1.24 bits per heavy atom. The van der Waals surface area contributed by atoms with Gasteiger partial charge in [-0.15, -0.1) is 0 Å². The number of carbonyl (C=O) groups is 2. The Morgan fingerprint density at radius 2 is 1.91 bits per heavy atom. The maximum absolute atomic E-state index is 13.4. The lowest BCUT2D eigenvalue weighted by molar-refractivity contribution is -0.138. The third-order valence-corrected chi connectivity index (χ3v) is 7.47. The van der Waals surface area contributed by atoms with Gasteiger partial charge in [-0.05, 0) is 64.1 Å². The van der Waals surface area contributed by atoms with Crippen LogP contribution in [0.1, 0.15) is 79.6 Å². The van der Waals surface area contributed by atoms with Gasteiger partial charge in [-0.2, -0.15) is 0 Å². The maximum Gasteiger partial charge on any atom is 0.494 e. The number of amides is 2. The molecular formula is C25H37BN4O4. The summed E-state index contributed by atoms with van der Waals surface area (Å²) < 4.78 is 12.4. The molecule has 2 aromatic rings. The van der Waals surface area contributed by atoms with Crippen LogP contribution in [0.2, 0.25) is 0 Å². The van der Waals surface area contributed by atoms with Gasteiger partial charge in [0.2, 0.25) is 11.8 Å². The van der Waals surface area contributed by atoms with E-state index in [1.165, 1.54) is 0 Å². The molecule has 8 nitrogen and oxygen atoms in total. The standard InChI is InChI=1S/C25H37BN4O4/c1-8-20(31)29-21(15(2)3)23(32)30-13-9-10-19(30)22-27-17-12-11-16(14-18(17)28-22)26-33-24(4,5)25(6,7)34-26/h11-12,14-15,19,21H,8-10,13H2,1-7H3,(H,27,28)(H,29,31)/t19-,21-/m0/s1. The van der Waals surface area contributed by atoms with E-state index >= 15 is 0 Å². The van der Waals surface area contributed by atoms with Crippen molar-refractivity contribution in [2.45, 2.75) is 91.0 Å². The molecule has 2 saturated heterocycles. The van der Waals surface area contributed by atoms with E-state index in [-0.39, 0.29) is 23.8 Å². The number of imidazole rings is 1. The topological polar surface area (TPSA) is 96.6 Å². The van der Waals surface area contributed by atoms with Gasteiger partial charge in [0.1, 0.15) is 11.9 Å². The molecule has 4 rings (SSSR count). The monoisotopic (exact) mass is 468 g/mol. The minimum Gasteiger partial charge on any atom is -0.399 e. The van der Waals surface area contributed by atoms with Gasteiger partial charge < -0.3 is 24.5 Å². The molecule has 0 radical (unpaired) electrons. The van der Waals surface area contributed by atoms with Gasteiger partial charge >= 0.3 is 7.12 Å². The van der Waals surface area contributed by atoms with Gasteiger partial charge in [0.25, 0.3) is 0 Å². The van der Waals surface area contributed by atoms with Gasteiger partial charge in [0, 0.05) is 13.0 Å². The van der Waals surface area contributed by atoms with Crippen LogP contribution in [0, 0.1) is 5.92 Å². The van der Waals surface area contributed by atoms with Crippen LogP contribution in [0.15, 0.2) is 18.2 Å². The van der Waals surface area contributed by atoms with Crippen LogP contribution in [0.5, 0.6) is 0 Å². The van der Waals surface area contributed by atoms with Crippen LogP contribution in [-0.4, -0.2) is 57.6 Å². The van der Waals surface area contributed by atoms with Crippen molar-refractivity contribution < 1.29 is 18.9 Å². The normalized spacial score (nSPS) is 22.5. The fourth-order valence-electron chi connectivity index (χ4n) is 4.61. The molecule has 0 bridgehead atoms. The number of hydrogen-bond acceptors (Lipinski definition) is 5. The highest BCUT2D eigenvalue weighted by atomic mass is 16.7. The molecule has 2 aliphatic rings. The van der Waals surface area contributed by atoms with Crippen LogP contribution < -0.4 is 10.8 Å². The minimum absolute atomic E-state index is 0.00222. The van der Waals surface area contributed by atoms with E-state index in [2.05, 4.69) is 10.3 Å². The molecule has 3 heterocycles. The SMILES string of the molecule is CCC(=O)N[C@H](C(=O)N1CCC[C@H]1c1nc2ccc(B3OC(C)(C)C(C)(C)O3)cc2[nH]1)C(C)C. The molecule has 2 aliphatic heterocycles. The van der Waals surface area contributed by atoms with Crippen molar-refractivity contribution in [3.05, 3.63) is 24.0 Å². The van der Waals surface area contributed by atoms with Crippen molar-refractivity contribution in [1.29, 1.82) is 0 Å². The van der Waals surface area contributed by atoms with Gasteiger partial charge in [-0.1, -0.05) is 26.8 Å². The molecule has 2 fully saturated rings. The number of nitrogens with zero attached hydrogens (tertiary/aromatic N) is 2. The number of rotatable bonds is 6. The zero-order valence-electron chi connectivity index (χ0n) is 21.4. The maximum atomic E-state index is 13.4. The Hall–Kier alpha value is -2.39. The summed E-state index contributed by atoms with van der Waals surface area (Å²) in [7, 11) is -0.445. The third kappa shape index (κ3) is 4.47. The number of carbonyl (C=O) groups excluding carboxylic acids is 2. The lowest BCUT2D eigenvalue weighted by Crippen LogP contribution is -2.51. The van der Waals surface area contributed by atoms with Crippen LogP contribution in [0.3, 0.4) is 0 Å². The Bertz CT molecular complexity index is 1060. The summed E-state index contributed by atoms with van der Waals surface area (Å²) in [5.41, 5.74) is 1.85. The number of hydrogen-bond donors (Lipinski definition) is 2. The van der Waals surface area contributed by atoms with Crippen molar-refractivity contribution in [3.63, 3.8) is 0 Å². The lowest BCUT2D eigenvalue weighted by Gasteiger charge is -2.32. The first-order valence-electron chi connectivity index (χ1n) is 12.4. The highest BCUT2D eigenvalue weighted by molar-refractivity contribution is 6.62. The van der Waals surface area contributed by atoms with E-state index in [9.17, 15) is 9.59 Å². The molecule has 1 aromatic heterocycles. The predicted molar refractivity (Wildman–Crippen MR) is 133 cm³/mol. The fraction of sp³-hybridized carbons (Fsp3) is 0.640. The average Bonchev–Trinajstić information content (AvgIpc) is 3.46. The average molecular weight is 468 g/mol. The van der Waals surface area contributed by atoms with Gasteiger partial charge in [-0.25, -0.2) is 4.98 Å². The van der Waals surface area contributed by atoms with E-state index in [1.54, 1.807) is 6.92 Å². The zero-order valence-corrected chi connectivity index (χ0v) is 21.4. The van der Waals surface area contributed by atoms with Gasteiger partial charge in [-0.3, -0.25) is 9.59 Å². The summed E-state index contributed by atoms with van der Waals surface area (Å²) in [5, 5.41) is 2.90. The summed E-state index contributed by atoms with van der Waals surface area (Å²) in [6.07, 6.45) is 2.09. The first-order chi connectivity index (χ1) is 15.9. The van der Waals surface area contributed by atoms with E-state index in [0.717, 1.165) is 35.2 Å². The first-order valence-corrected chi connectivity index (χ1v) is 12.4. The van der Waals surface area contributed by atoms with Crippen LogP contribution in [0.4, 0.5) is 0 Å². The smallest absolute Gasteiger partial charge is 0.399 e. The molecule has 9 heteroatoms. The van der Waals surface area contributed by atoms with Crippen LogP contribution in [0.25, 0.3) is 11.0 Å². The summed E-state index contributed by atoms with van der Waals surface area (Å²) in [4.78, 5) is 35.6. The second-order valence-corrected chi connectivity index (χ2v) is 10.8. The largest absolute Gasteiger partial charge is 0.494 e. The Balaban J connectivity index is 1.57. The predicted octanol–water partition coefficient (Wildman–Crippen LogP) is 3.08. The number of aromatic amines is 1. The molecule has 2 N–H and O–H groups in total. The molecule has 1 aromatic carbocycles. The highest BCUT2D eigenvalue weighted by Gasteiger charge is 2.51. The van der Waals surface area contributed by atoms with Crippen LogP contribution >= 0.6 is 0 Å². The Morgan fingerprint density at radius 3 is 2.53 bits per heavy atom. The Labute approximate surface area is 202 Å². The number of aromatic nitrogens is 2. The van der Waals surface area contributed by atoms with Crippen molar-refractivity contribution in [1.82, 2.24) is 20.2 Å². The molecule has 2 amide bonds. The quantitative estimate of drug-likeness (QED) is 0.636. The second kappa shape index (κ2) is 9.00. The van der Waals surface area contributed by atoms with Crippen molar-refractivity contribution in [2.75, 3.05) is 6.54 Å². The highest BCUT2D eigenvalue weighted by Crippen LogP contribution is 2.37. The second-order valence-electron chi connectivity index (χ2n) is 10.8. The molecular weight excluding hydrogens is 431 g/mol. The Kier molecular flexibility index (Phi) is 6.55. The molecule has 34 heavy (non-hydrogen) atoms. The summed E-state index contributed by atoms with van der Waals surface area (Å²) in [5.74, 6) is 0.623. The molecule has 0 spiro atoms. The fourth-order valence-corrected chi connectivity index (χ4v) is 4.61.